The van der Waals surface area contributed by atoms with Crippen LogP contribution < -0.4 is 5.32 Å². The molecular weight excluding hydrogens is 228 g/mol. The minimum absolute atomic E-state index is 0.699. The number of rotatable bonds is 12. The molecule has 108 valence electrons. The molecule has 1 unspecified atom stereocenters. The van der Waals surface area contributed by atoms with Crippen molar-refractivity contribution in [2.75, 3.05) is 53.6 Å². The van der Waals surface area contributed by atoms with Crippen LogP contribution in [0.2, 0.25) is 0 Å². The number of methoxy groups -OCH3 is 2. The lowest BCUT2D eigenvalue weighted by Gasteiger charge is -2.25. The summed E-state index contributed by atoms with van der Waals surface area (Å²) in [5.41, 5.74) is 0. The number of ether oxygens (including phenoxy) is 2. The van der Waals surface area contributed by atoms with Gasteiger partial charge >= 0.3 is 0 Å². The van der Waals surface area contributed by atoms with Crippen LogP contribution >= 0.6 is 0 Å². The smallest absolute Gasteiger partial charge is 0.0589 e. The number of nitrogens with zero attached hydrogens (tertiary/aromatic N) is 1. The van der Waals surface area contributed by atoms with Crippen molar-refractivity contribution in [3.63, 3.8) is 0 Å². The first-order valence-electron chi connectivity index (χ1n) is 7.20. The van der Waals surface area contributed by atoms with Crippen molar-refractivity contribution in [2.24, 2.45) is 5.92 Å². The molecule has 0 aromatic carbocycles. The molecule has 0 aliphatic heterocycles. The Morgan fingerprint density at radius 2 is 1.89 bits per heavy atom. The fourth-order valence-electron chi connectivity index (χ4n) is 2.11. The minimum atomic E-state index is 0.699. The van der Waals surface area contributed by atoms with E-state index in [0.717, 1.165) is 51.9 Å². The molecule has 0 radical (unpaired) electrons. The van der Waals surface area contributed by atoms with Crippen LogP contribution in [0.1, 0.15) is 26.2 Å². The Labute approximate surface area is 112 Å². The topological polar surface area (TPSA) is 33.7 Å². The van der Waals surface area contributed by atoms with Gasteiger partial charge in [-0.25, -0.2) is 0 Å². The molecule has 0 saturated heterocycles. The van der Waals surface area contributed by atoms with Crippen LogP contribution in [0.3, 0.4) is 0 Å². The summed E-state index contributed by atoms with van der Waals surface area (Å²) in [5.74, 6) is 0.699. The van der Waals surface area contributed by atoms with E-state index in [9.17, 15) is 0 Å². The lowest BCUT2D eigenvalue weighted by molar-refractivity contribution is 0.124. The van der Waals surface area contributed by atoms with Gasteiger partial charge in [0.1, 0.15) is 0 Å². The highest BCUT2D eigenvalue weighted by Gasteiger charge is 2.21. The molecule has 4 heteroatoms. The van der Waals surface area contributed by atoms with Crippen molar-refractivity contribution >= 4 is 0 Å². The fraction of sp³-hybridized carbons (Fsp3) is 1.00. The summed E-state index contributed by atoms with van der Waals surface area (Å²) in [4.78, 5) is 2.49. The van der Waals surface area contributed by atoms with E-state index >= 15 is 0 Å². The molecule has 0 heterocycles. The van der Waals surface area contributed by atoms with Gasteiger partial charge in [-0.3, -0.25) is 0 Å². The predicted octanol–water partition coefficient (Wildman–Crippen LogP) is 1.36. The first-order valence-corrected chi connectivity index (χ1v) is 7.20. The average molecular weight is 258 g/mol. The summed E-state index contributed by atoms with van der Waals surface area (Å²) >= 11 is 0. The van der Waals surface area contributed by atoms with Gasteiger partial charge in [-0.2, -0.15) is 0 Å². The van der Waals surface area contributed by atoms with Crippen LogP contribution in [0.5, 0.6) is 0 Å². The van der Waals surface area contributed by atoms with E-state index in [2.05, 4.69) is 17.1 Å². The van der Waals surface area contributed by atoms with E-state index in [1.165, 1.54) is 12.8 Å². The highest BCUT2D eigenvalue weighted by Crippen LogP contribution is 2.18. The Kier molecular flexibility index (Phi) is 8.59. The molecular formula is C14H30N2O2. The summed E-state index contributed by atoms with van der Waals surface area (Å²) in [7, 11) is 3.53. The third-order valence-electron chi connectivity index (χ3n) is 3.34. The summed E-state index contributed by atoms with van der Waals surface area (Å²) in [6.45, 7) is 8.39. The van der Waals surface area contributed by atoms with Gasteiger partial charge in [0.15, 0.2) is 0 Å². The maximum Gasteiger partial charge on any atom is 0.0589 e. The van der Waals surface area contributed by atoms with E-state index in [0.29, 0.717) is 5.92 Å². The Hall–Kier alpha value is -0.160. The zero-order valence-electron chi connectivity index (χ0n) is 12.3. The Morgan fingerprint density at radius 3 is 2.50 bits per heavy atom. The second kappa shape index (κ2) is 9.73. The highest BCUT2D eigenvalue weighted by atomic mass is 16.5. The molecule has 1 saturated carbocycles. The third kappa shape index (κ3) is 8.03. The van der Waals surface area contributed by atoms with Crippen LogP contribution in [0, 0.1) is 5.92 Å². The first-order chi connectivity index (χ1) is 8.76. The minimum Gasteiger partial charge on any atom is -0.385 e. The van der Waals surface area contributed by atoms with Crippen molar-refractivity contribution < 1.29 is 9.47 Å². The Bertz CT molecular complexity index is 198. The quantitative estimate of drug-likeness (QED) is 0.536. The van der Waals surface area contributed by atoms with Gasteiger partial charge in [0.2, 0.25) is 0 Å². The van der Waals surface area contributed by atoms with Crippen LogP contribution in [-0.2, 0) is 9.47 Å². The van der Waals surface area contributed by atoms with Crippen LogP contribution in [0.25, 0.3) is 0 Å². The van der Waals surface area contributed by atoms with E-state index in [1.807, 2.05) is 0 Å². The largest absolute Gasteiger partial charge is 0.385 e. The van der Waals surface area contributed by atoms with Crippen LogP contribution in [0.4, 0.5) is 0 Å². The zero-order valence-corrected chi connectivity index (χ0v) is 12.3. The molecule has 1 aliphatic rings. The molecule has 4 nitrogen and oxygen atoms in total. The lowest BCUT2D eigenvalue weighted by atomic mass is 10.1. The molecule has 0 spiro atoms. The molecule has 0 aromatic heterocycles. The summed E-state index contributed by atoms with van der Waals surface area (Å²) < 4.78 is 10.3. The van der Waals surface area contributed by atoms with Gasteiger partial charge in [-0.15, -0.1) is 0 Å². The van der Waals surface area contributed by atoms with Gasteiger partial charge in [-0.1, -0.05) is 6.92 Å². The molecule has 0 bridgehead atoms. The molecule has 0 amide bonds. The van der Waals surface area contributed by atoms with Gasteiger partial charge in [0.25, 0.3) is 0 Å². The van der Waals surface area contributed by atoms with Crippen molar-refractivity contribution in [1.82, 2.24) is 10.2 Å². The number of hydrogen-bond acceptors (Lipinski definition) is 4. The van der Waals surface area contributed by atoms with Crippen molar-refractivity contribution in [3.05, 3.63) is 0 Å². The predicted molar refractivity (Wildman–Crippen MR) is 75.0 cm³/mol. The molecule has 0 aromatic rings. The van der Waals surface area contributed by atoms with Crippen LogP contribution in [-0.4, -0.2) is 64.6 Å². The standard InChI is InChI=1S/C14H30N2O2/c1-13(11-15-14-5-6-14)12-16(8-10-18-3)7-4-9-17-2/h13-15H,4-12H2,1-3H3. The maximum absolute atomic E-state index is 5.18. The first kappa shape index (κ1) is 15.9. The molecule has 1 rings (SSSR count). The van der Waals surface area contributed by atoms with E-state index in [1.54, 1.807) is 14.2 Å². The zero-order chi connectivity index (χ0) is 13.2. The maximum atomic E-state index is 5.18. The van der Waals surface area contributed by atoms with Gasteiger partial charge < -0.3 is 19.7 Å². The molecule has 1 fully saturated rings. The molecule has 18 heavy (non-hydrogen) atoms. The van der Waals surface area contributed by atoms with E-state index in [4.69, 9.17) is 9.47 Å². The van der Waals surface area contributed by atoms with Gasteiger partial charge in [-0.05, 0) is 31.7 Å². The van der Waals surface area contributed by atoms with Gasteiger partial charge in [0.05, 0.1) is 6.61 Å². The van der Waals surface area contributed by atoms with Crippen molar-refractivity contribution in [2.45, 2.75) is 32.2 Å². The lowest BCUT2D eigenvalue weighted by Crippen LogP contribution is -2.36. The average Bonchev–Trinajstić information content (AvgIpc) is 3.17. The SMILES string of the molecule is COCCCN(CCOC)CC(C)CNC1CC1. The fourth-order valence-corrected chi connectivity index (χ4v) is 2.11. The second-order valence-corrected chi connectivity index (χ2v) is 5.43. The monoisotopic (exact) mass is 258 g/mol. The normalized spacial score (nSPS) is 17.3. The van der Waals surface area contributed by atoms with Crippen LogP contribution in [0.15, 0.2) is 0 Å². The molecule has 1 N–H and O–H groups in total. The molecule has 1 atom stereocenters. The van der Waals surface area contributed by atoms with Crippen molar-refractivity contribution in [1.29, 1.82) is 0 Å². The number of nitrogens with one attached hydrogen (secondary N) is 1. The van der Waals surface area contributed by atoms with E-state index < -0.39 is 0 Å². The Balaban J connectivity index is 2.14. The third-order valence-corrected chi connectivity index (χ3v) is 3.34. The highest BCUT2D eigenvalue weighted by molar-refractivity contribution is 4.81. The number of hydrogen-bond donors (Lipinski definition) is 1. The second-order valence-electron chi connectivity index (χ2n) is 5.43. The van der Waals surface area contributed by atoms with Gasteiger partial charge in [0, 0.05) is 46.5 Å². The summed E-state index contributed by atoms with van der Waals surface area (Å²) in [6.07, 6.45) is 3.84. The summed E-state index contributed by atoms with van der Waals surface area (Å²) in [5, 5.41) is 3.60. The summed E-state index contributed by atoms with van der Waals surface area (Å²) in [6, 6.07) is 0.813. The Morgan fingerprint density at radius 1 is 1.17 bits per heavy atom. The van der Waals surface area contributed by atoms with E-state index in [-0.39, 0.29) is 0 Å². The molecule has 1 aliphatic carbocycles. The van der Waals surface area contributed by atoms with Crippen molar-refractivity contribution in [3.8, 4) is 0 Å².